The zero-order valence-electron chi connectivity index (χ0n) is 20.4. The highest BCUT2D eigenvalue weighted by Gasteiger charge is 2.58. The van der Waals surface area contributed by atoms with Gasteiger partial charge in [-0.1, -0.05) is 46.1 Å². The van der Waals surface area contributed by atoms with Gasteiger partial charge in [-0.25, -0.2) is 14.4 Å². The predicted molar refractivity (Wildman–Crippen MR) is 138 cm³/mol. The van der Waals surface area contributed by atoms with Gasteiger partial charge in [0.15, 0.2) is 5.69 Å². The maximum atomic E-state index is 13.9. The van der Waals surface area contributed by atoms with Crippen LogP contribution in [0.3, 0.4) is 0 Å². The number of anilines is 1. The first-order valence-corrected chi connectivity index (χ1v) is 12.3. The Morgan fingerprint density at radius 2 is 1.76 bits per heavy atom. The Morgan fingerprint density at radius 1 is 1.05 bits per heavy atom. The number of rotatable bonds is 6. The normalized spacial score (nSPS) is 18.3. The molecule has 2 aliphatic heterocycles. The molecule has 1 saturated heterocycles. The highest BCUT2D eigenvalue weighted by atomic mass is 35.5. The number of aromatic nitrogens is 2. The number of carbonyl (C=O) groups excluding carboxylic acids is 4. The van der Waals surface area contributed by atoms with Gasteiger partial charge in [-0.15, -0.1) is 0 Å². The summed E-state index contributed by atoms with van der Waals surface area (Å²) in [5.41, 5.74) is 1.33. The minimum atomic E-state index is -1.37. The number of hydrogen-bond donors (Lipinski definition) is 0. The summed E-state index contributed by atoms with van der Waals surface area (Å²) in [6.45, 7) is 5.21. The van der Waals surface area contributed by atoms with Crippen LogP contribution in [-0.2, 0) is 19.2 Å². The molecule has 0 aliphatic carbocycles. The first kappa shape index (κ1) is 25.6. The lowest BCUT2D eigenvalue weighted by atomic mass is 9.92. The van der Waals surface area contributed by atoms with Gasteiger partial charge in [0, 0.05) is 5.02 Å². The highest BCUT2D eigenvalue weighted by Crippen LogP contribution is 2.38. The first-order chi connectivity index (χ1) is 18.1. The summed E-state index contributed by atoms with van der Waals surface area (Å²) in [5, 5.41) is 8.52. The number of hydrogen-bond acceptors (Lipinski definition) is 8. The Morgan fingerprint density at radius 3 is 2.45 bits per heavy atom. The van der Waals surface area contributed by atoms with Gasteiger partial charge in [0.2, 0.25) is 17.8 Å². The zero-order chi connectivity index (χ0) is 27.3. The molecule has 3 heterocycles. The maximum Gasteiger partial charge on any atom is 0.359 e. The number of Topliss-reactive ketones (excluding diaryl/α,β-unsaturated/α-hetero) is 1. The van der Waals surface area contributed by atoms with Crippen molar-refractivity contribution in [1.82, 2.24) is 9.78 Å². The third-order valence-corrected chi connectivity index (χ3v) is 6.84. The van der Waals surface area contributed by atoms with Crippen molar-refractivity contribution < 1.29 is 28.8 Å². The van der Waals surface area contributed by atoms with Crippen LogP contribution >= 0.6 is 23.2 Å². The number of ketones is 1. The number of amides is 2. The molecule has 1 fully saturated rings. The van der Waals surface area contributed by atoms with E-state index in [9.17, 15) is 19.2 Å². The Hall–Kier alpha value is -4.02. The molecule has 3 aromatic rings. The Kier molecular flexibility index (Phi) is 6.54. The third kappa shape index (κ3) is 4.06. The van der Waals surface area contributed by atoms with Gasteiger partial charge in [0.05, 0.1) is 34.3 Å². The summed E-state index contributed by atoms with van der Waals surface area (Å²) in [6, 6.07) is 11.6. The average Bonchev–Trinajstić information content (AvgIpc) is 3.54. The van der Waals surface area contributed by atoms with Crippen molar-refractivity contribution in [2.75, 3.05) is 11.5 Å². The van der Waals surface area contributed by atoms with Gasteiger partial charge in [-0.2, -0.15) is 5.10 Å². The highest BCUT2D eigenvalue weighted by molar-refractivity contribution is 6.53. The number of imide groups is 1. The largest absolute Gasteiger partial charge is 0.461 e. The van der Waals surface area contributed by atoms with Crippen LogP contribution in [-0.4, -0.2) is 51.8 Å². The molecule has 5 rings (SSSR count). The van der Waals surface area contributed by atoms with E-state index in [2.05, 4.69) is 10.3 Å². The molecule has 0 saturated carbocycles. The zero-order valence-corrected chi connectivity index (χ0v) is 21.9. The molecule has 1 aromatic heterocycles. The van der Waals surface area contributed by atoms with Crippen LogP contribution in [0.1, 0.15) is 39.0 Å². The average molecular weight is 555 g/mol. The first-order valence-electron chi connectivity index (χ1n) is 11.6. The van der Waals surface area contributed by atoms with E-state index in [1.165, 1.54) is 22.9 Å². The van der Waals surface area contributed by atoms with E-state index in [-0.39, 0.29) is 39.3 Å². The van der Waals surface area contributed by atoms with Crippen LogP contribution in [0.15, 0.2) is 47.6 Å². The standard InChI is InChI=1S/C26H20Cl2N4O6/c1-4-37-26(36)21-18(13(3)32(29-21)15-8-5-12(2)6-9-15)22(33)20-19-23(38-30-20)25(35)31(24(19)34)17-11-14(27)7-10-16(17)28/h5-11,19,23H,4H2,1-3H3/t19-,23-/m1/s1. The van der Waals surface area contributed by atoms with Crippen LogP contribution in [0.4, 0.5) is 5.69 Å². The molecule has 2 amide bonds. The number of aryl methyl sites for hydroxylation is 1. The summed E-state index contributed by atoms with van der Waals surface area (Å²) in [4.78, 5) is 59.3. The monoisotopic (exact) mass is 554 g/mol. The van der Waals surface area contributed by atoms with Crippen molar-refractivity contribution in [2.24, 2.45) is 11.1 Å². The van der Waals surface area contributed by atoms with E-state index in [0.717, 1.165) is 10.5 Å². The number of nitrogens with zero attached hydrogens (tertiary/aromatic N) is 4. The lowest BCUT2D eigenvalue weighted by molar-refractivity contribution is -0.126. The number of carbonyl (C=O) groups is 4. The topological polar surface area (TPSA) is 120 Å². The van der Waals surface area contributed by atoms with Crippen LogP contribution in [0, 0.1) is 19.8 Å². The molecule has 2 aliphatic rings. The van der Waals surface area contributed by atoms with E-state index < -0.39 is 35.6 Å². The number of ether oxygens (including phenoxy) is 1. The molecule has 38 heavy (non-hydrogen) atoms. The van der Waals surface area contributed by atoms with Crippen molar-refractivity contribution in [3.05, 3.63) is 75.0 Å². The Labute approximate surface area is 226 Å². The van der Waals surface area contributed by atoms with Crippen molar-refractivity contribution >= 4 is 58.2 Å². The molecule has 0 N–H and O–H groups in total. The van der Waals surface area contributed by atoms with Crippen LogP contribution in [0.25, 0.3) is 5.69 Å². The fraction of sp³-hybridized carbons (Fsp3) is 0.231. The predicted octanol–water partition coefficient (Wildman–Crippen LogP) is 4.10. The lowest BCUT2D eigenvalue weighted by Crippen LogP contribution is -2.35. The lowest BCUT2D eigenvalue weighted by Gasteiger charge is -2.17. The van der Waals surface area contributed by atoms with Crippen LogP contribution < -0.4 is 4.90 Å². The number of esters is 1. The van der Waals surface area contributed by atoms with E-state index >= 15 is 0 Å². The molecule has 0 spiro atoms. The molecule has 0 bridgehead atoms. The van der Waals surface area contributed by atoms with Gasteiger partial charge in [-0.05, 0) is 51.1 Å². The molecule has 12 heteroatoms. The second-order valence-corrected chi connectivity index (χ2v) is 9.54. The summed E-state index contributed by atoms with van der Waals surface area (Å²) in [6.07, 6.45) is -1.37. The molecule has 10 nitrogen and oxygen atoms in total. The molecular weight excluding hydrogens is 535 g/mol. The van der Waals surface area contributed by atoms with Crippen LogP contribution in [0.2, 0.25) is 10.0 Å². The molecule has 0 radical (unpaired) electrons. The maximum absolute atomic E-state index is 13.9. The summed E-state index contributed by atoms with van der Waals surface area (Å²) in [7, 11) is 0. The van der Waals surface area contributed by atoms with Gasteiger partial charge in [-0.3, -0.25) is 14.4 Å². The second kappa shape index (κ2) is 9.70. The molecule has 0 unspecified atom stereocenters. The van der Waals surface area contributed by atoms with E-state index in [0.29, 0.717) is 11.4 Å². The van der Waals surface area contributed by atoms with Crippen molar-refractivity contribution in [3.63, 3.8) is 0 Å². The third-order valence-electron chi connectivity index (χ3n) is 6.28. The van der Waals surface area contributed by atoms with Crippen LogP contribution in [0.5, 0.6) is 0 Å². The fourth-order valence-corrected chi connectivity index (χ4v) is 4.81. The summed E-state index contributed by atoms with van der Waals surface area (Å²) < 4.78 is 6.57. The fourth-order valence-electron chi connectivity index (χ4n) is 4.44. The van der Waals surface area contributed by atoms with Gasteiger partial charge in [0.25, 0.3) is 5.91 Å². The summed E-state index contributed by atoms with van der Waals surface area (Å²) >= 11 is 12.3. The molecule has 194 valence electrons. The number of oxime groups is 1. The smallest absolute Gasteiger partial charge is 0.359 e. The number of benzene rings is 2. The quantitative estimate of drug-likeness (QED) is 0.255. The molecular formula is C26H20Cl2N4O6. The minimum Gasteiger partial charge on any atom is -0.461 e. The Bertz CT molecular complexity index is 1550. The van der Waals surface area contributed by atoms with Gasteiger partial charge >= 0.3 is 5.97 Å². The van der Waals surface area contributed by atoms with E-state index in [4.69, 9.17) is 32.8 Å². The molecule has 2 atom stereocenters. The van der Waals surface area contributed by atoms with E-state index in [1.807, 2.05) is 19.1 Å². The molecule has 2 aromatic carbocycles. The van der Waals surface area contributed by atoms with Crippen molar-refractivity contribution in [3.8, 4) is 5.69 Å². The van der Waals surface area contributed by atoms with Crippen molar-refractivity contribution in [1.29, 1.82) is 0 Å². The second-order valence-electron chi connectivity index (χ2n) is 8.69. The SMILES string of the molecule is CCOC(=O)c1nn(-c2ccc(C)cc2)c(C)c1C(=O)C1=NO[C@H]2C(=O)N(c3cc(Cl)ccc3Cl)C(=O)[C@H]12. The number of fused-ring (bicyclic) bond motifs is 1. The van der Waals surface area contributed by atoms with Gasteiger partial charge < -0.3 is 9.57 Å². The number of halogens is 2. The summed E-state index contributed by atoms with van der Waals surface area (Å²) in [5.74, 6) is -4.44. The minimum absolute atomic E-state index is 0.0556. The van der Waals surface area contributed by atoms with Gasteiger partial charge in [0.1, 0.15) is 11.6 Å². The van der Waals surface area contributed by atoms with Crippen molar-refractivity contribution in [2.45, 2.75) is 26.9 Å². The van der Waals surface area contributed by atoms with E-state index in [1.54, 1.807) is 26.0 Å². The Balaban J connectivity index is 1.56.